The van der Waals surface area contributed by atoms with Gasteiger partial charge in [0.05, 0.1) is 5.69 Å². The molecule has 1 aromatic heterocycles. The maximum atomic E-state index is 11.2. The van der Waals surface area contributed by atoms with Gasteiger partial charge in [-0.3, -0.25) is 9.79 Å². The lowest BCUT2D eigenvalue weighted by Gasteiger charge is -2.01. The molecular formula is C12H16N2OS. The van der Waals surface area contributed by atoms with Crippen LogP contribution in [0.25, 0.3) is 0 Å². The van der Waals surface area contributed by atoms with Crippen LogP contribution >= 0.6 is 11.3 Å². The van der Waals surface area contributed by atoms with E-state index in [9.17, 15) is 4.79 Å². The molecule has 1 aliphatic rings. The number of rotatable bonds is 2. The van der Waals surface area contributed by atoms with E-state index in [2.05, 4.69) is 4.99 Å². The Kier molecular flexibility index (Phi) is 3.72. The van der Waals surface area contributed by atoms with E-state index in [0.29, 0.717) is 4.88 Å². The summed E-state index contributed by atoms with van der Waals surface area (Å²) in [7, 11) is 0. The van der Waals surface area contributed by atoms with Gasteiger partial charge in [-0.05, 0) is 37.1 Å². The molecule has 16 heavy (non-hydrogen) atoms. The van der Waals surface area contributed by atoms with Crippen LogP contribution in [-0.4, -0.2) is 11.6 Å². The summed E-state index contributed by atoms with van der Waals surface area (Å²) in [5.74, 6) is -0.372. The molecule has 2 N–H and O–H groups in total. The van der Waals surface area contributed by atoms with E-state index in [1.165, 1.54) is 42.7 Å². The Labute approximate surface area is 99.4 Å². The Bertz CT molecular complexity index is 399. The monoisotopic (exact) mass is 236 g/mol. The summed E-state index contributed by atoms with van der Waals surface area (Å²) in [5.41, 5.74) is 7.28. The van der Waals surface area contributed by atoms with Gasteiger partial charge in [0, 0.05) is 5.71 Å². The second-order valence-electron chi connectivity index (χ2n) is 4.09. The molecule has 86 valence electrons. The van der Waals surface area contributed by atoms with Crippen molar-refractivity contribution < 1.29 is 4.79 Å². The molecular weight excluding hydrogens is 220 g/mol. The van der Waals surface area contributed by atoms with Gasteiger partial charge in [0.2, 0.25) is 0 Å². The van der Waals surface area contributed by atoms with Crippen molar-refractivity contribution in [2.24, 2.45) is 10.7 Å². The summed E-state index contributed by atoms with van der Waals surface area (Å²) >= 11 is 1.37. The standard InChI is InChI=1S/C12H16N2OS/c13-12(15)11-10(7-8-16-11)14-9-5-3-1-2-4-6-9/h7-8H,1-6H2,(H2,13,15). The first-order valence-electron chi connectivity index (χ1n) is 5.71. The third-order valence-corrected chi connectivity index (χ3v) is 3.75. The molecule has 0 aromatic carbocycles. The number of amides is 1. The Morgan fingerprint density at radius 1 is 1.25 bits per heavy atom. The van der Waals surface area contributed by atoms with Crippen LogP contribution in [0.3, 0.4) is 0 Å². The van der Waals surface area contributed by atoms with E-state index >= 15 is 0 Å². The largest absolute Gasteiger partial charge is 0.365 e. The second kappa shape index (κ2) is 5.25. The zero-order valence-electron chi connectivity index (χ0n) is 9.24. The first-order valence-corrected chi connectivity index (χ1v) is 6.59. The summed E-state index contributed by atoms with van der Waals surface area (Å²) in [5, 5.41) is 1.87. The van der Waals surface area contributed by atoms with E-state index in [4.69, 9.17) is 5.73 Å². The molecule has 0 spiro atoms. The highest BCUT2D eigenvalue weighted by molar-refractivity contribution is 7.12. The van der Waals surface area contributed by atoms with Gasteiger partial charge in [-0.2, -0.15) is 0 Å². The Morgan fingerprint density at radius 3 is 2.56 bits per heavy atom. The molecule has 2 rings (SSSR count). The Morgan fingerprint density at radius 2 is 1.94 bits per heavy atom. The number of aliphatic imine (C=N–C) groups is 1. The molecule has 1 amide bonds. The van der Waals surface area contributed by atoms with Gasteiger partial charge in [0.1, 0.15) is 4.88 Å². The van der Waals surface area contributed by atoms with Crippen LogP contribution in [0.2, 0.25) is 0 Å². The highest BCUT2D eigenvalue weighted by Gasteiger charge is 2.11. The van der Waals surface area contributed by atoms with E-state index in [0.717, 1.165) is 18.5 Å². The van der Waals surface area contributed by atoms with E-state index in [1.807, 2.05) is 11.4 Å². The molecule has 0 atom stereocenters. The van der Waals surface area contributed by atoms with Crippen molar-refractivity contribution in [3.05, 3.63) is 16.3 Å². The lowest BCUT2D eigenvalue weighted by atomic mass is 10.2. The SMILES string of the molecule is NC(=O)c1sccc1N=C1CCCCCC1. The highest BCUT2D eigenvalue weighted by atomic mass is 32.1. The van der Waals surface area contributed by atoms with Crippen LogP contribution in [0.15, 0.2) is 16.4 Å². The number of hydrogen-bond donors (Lipinski definition) is 1. The van der Waals surface area contributed by atoms with Gasteiger partial charge >= 0.3 is 0 Å². The molecule has 1 aromatic rings. The normalized spacial score (nSPS) is 16.9. The predicted octanol–water partition coefficient (Wildman–Crippen LogP) is 3.27. The van der Waals surface area contributed by atoms with Crippen molar-refractivity contribution in [3.63, 3.8) is 0 Å². The molecule has 0 radical (unpaired) electrons. The topological polar surface area (TPSA) is 55.5 Å². The Balaban J connectivity index is 2.20. The van der Waals surface area contributed by atoms with E-state index in [1.54, 1.807) is 0 Å². The molecule has 0 aliphatic heterocycles. The number of nitrogens with zero attached hydrogens (tertiary/aromatic N) is 1. The first-order chi connectivity index (χ1) is 7.77. The molecule has 1 aliphatic carbocycles. The second-order valence-corrected chi connectivity index (χ2v) is 5.01. The maximum absolute atomic E-state index is 11.2. The third kappa shape index (κ3) is 2.70. The molecule has 0 bridgehead atoms. The van der Waals surface area contributed by atoms with Crippen molar-refractivity contribution in [1.82, 2.24) is 0 Å². The summed E-state index contributed by atoms with van der Waals surface area (Å²) in [4.78, 5) is 16.3. The minimum absolute atomic E-state index is 0.372. The van der Waals surface area contributed by atoms with E-state index in [-0.39, 0.29) is 5.91 Å². The lowest BCUT2D eigenvalue weighted by molar-refractivity contribution is 0.100. The Hall–Kier alpha value is -1.16. The zero-order chi connectivity index (χ0) is 11.4. The number of carbonyl (C=O) groups is 1. The first kappa shape index (κ1) is 11.3. The van der Waals surface area contributed by atoms with Crippen molar-refractivity contribution >= 4 is 28.6 Å². The van der Waals surface area contributed by atoms with Crippen LogP contribution in [0.5, 0.6) is 0 Å². The summed E-state index contributed by atoms with van der Waals surface area (Å²) in [6.07, 6.45) is 7.16. The predicted molar refractivity (Wildman–Crippen MR) is 67.6 cm³/mol. The van der Waals surface area contributed by atoms with Crippen molar-refractivity contribution in [2.45, 2.75) is 38.5 Å². The molecule has 4 heteroatoms. The number of carbonyl (C=O) groups excluding carboxylic acids is 1. The van der Waals surface area contributed by atoms with Crippen LogP contribution < -0.4 is 5.73 Å². The van der Waals surface area contributed by atoms with Crippen LogP contribution in [0, 0.1) is 0 Å². The quantitative estimate of drug-likeness (QED) is 0.787. The molecule has 1 saturated carbocycles. The molecule has 1 fully saturated rings. The lowest BCUT2D eigenvalue weighted by Crippen LogP contribution is -2.09. The van der Waals surface area contributed by atoms with Crippen molar-refractivity contribution in [3.8, 4) is 0 Å². The number of thiophene rings is 1. The molecule has 0 unspecified atom stereocenters. The van der Waals surface area contributed by atoms with Gasteiger partial charge in [-0.1, -0.05) is 12.8 Å². The van der Waals surface area contributed by atoms with Crippen LogP contribution in [-0.2, 0) is 0 Å². The minimum atomic E-state index is -0.372. The molecule has 3 nitrogen and oxygen atoms in total. The smallest absolute Gasteiger partial charge is 0.260 e. The van der Waals surface area contributed by atoms with Crippen molar-refractivity contribution in [1.29, 1.82) is 0 Å². The zero-order valence-corrected chi connectivity index (χ0v) is 10.1. The maximum Gasteiger partial charge on any atom is 0.260 e. The summed E-state index contributed by atoms with van der Waals surface area (Å²) < 4.78 is 0. The fourth-order valence-corrected chi connectivity index (χ4v) is 2.68. The number of nitrogens with two attached hydrogens (primary N) is 1. The molecule has 0 saturated heterocycles. The van der Waals surface area contributed by atoms with Gasteiger partial charge in [0.15, 0.2) is 0 Å². The fraction of sp³-hybridized carbons (Fsp3) is 0.500. The number of hydrogen-bond acceptors (Lipinski definition) is 3. The summed E-state index contributed by atoms with van der Waals surface area (Å²) in [6.45, 7) is 0. The van der Waals surface area contributed by atoms with Crippen LogP contribution in [0.1, 0.15) is 48.2 Å². The average Bonchev–Trinajstić information content (AvgIpc) is 2.55. The fourth-order valence-electron chi connectivity index (χ4n) is 1.99. The minimum Gasteiger partial charge on any atom is -0.365 e. The van der Waals surface area contributed by atoms with Crippen LogP contribution in [0.4, 0.5) is 5.69 Å². The summed E-state index contributed by atoms with van der Waals surface area (Å²) in [6, 6.07) is 1.88. The van der Waals surface area contributed by atoms with E-state index < -0.39 is 0 Å². The van der Waals surface area contributed by atoms with Gasteiger partial charge in [-0.15, -0.1) is 11.3 Å². The number of primary amides is 1. The van der Waals surface area contributed by atoms with Gasteiger partial charge in [-0.25, -0.2) is 0 Å². The average molecular weight is 236 g/mol. The van der Waals surface area contributed by atoms with Crippen molar-refractivity contribution in [2.75, 3.05) is 0 Å². The third-order valence-electron chi connectivity index (χ3n) is 2.83. The van der Waals surface area contributed by atoms with Gasteiger partial charge < -0.3 is 5.73 Å². The molecule has 1 heterocycles. The highest BCUT2D eigenvalue weighted by Crippen LogP contribution is 2.27. The van der Waals surface area contributed by atoms with Gasteiger partial charge in [0.25, 0.3) is 5.91 Å².